The van der Waals surface area contributed by atoms with Crippen LogP contribution in [0.15, 0.2) is 18.2 Å². The maximum Gasteiger partial charge on any atom is 0.165 e. The molecule has 1 saturated heterocycles. The Morgan fingerprint density at radius 2 is 2.12 bits per heavy atom. The van der Waals surface area contributed by atoms with E-state index in [9.17, 15) is 0 Å². The van der Waals surface area contributed by atoms with E-state index >= 15 is 0 Å². The molecule has 0 aliphatic carbocycles. The van der Waals surface area contributed by atoms with Crippen LogP contribution in [0.2, 0.25) is 0 Å². The van der Waals surface area contributed by atoms with Crippen LogP contribution in [0.5, 0.6) is 0 Å². The fraction of sp³-hybridized carbons (Fsp3) is 0.455. The van der Waals surface area contributed by atoms with E-state index in [4.69, 9.17) is 5.73 Å². The normalized spacial score (nSPS) is 17.6. The molecule has 3 heterocycles. The minimum atomic E-state index is 0.626. The Kier molecular flexibility index (Phi) is 2.66. The number of nitrogens with zero attached hydrogens (tertiary/aromatic N) is 4. The number of anilines is 1. The van der Waals surface area contributed by atoms with Crippen LogP contribution < -0.4 is 11.1 Å². The number of nitrogens with two attached hydrogens (primary N) is 1. The van der Waals surface area contributed by atoms with Gasteiger partial charge in [0.05, 0.1) is 6.54 Å². The lowest BCUT2D eigenvalue weighted by atomic mass is 10.3. The average Bonchev–Trinajstić information content (AvgIpc) is 2.74. The summed E-state index contributed by atoms with van der Waals surface area (Å²) in [7, 11) is 0. The second-order valence-electron chi connectivity index (χ2n) is 4.27. The molecule has 0 radical (unpaired) electrons. The lowest BCUT2D eigenvalue weighted by molar-refractivity contribution is 0.228. The molecule has 1 aliphatic rings. The number of fused-ring (bicyclic) bond motifs is 1. The topological polar surface area (TPSA) is 71.5 Å². The van der Waals surface area contributed by atoms with Gasteiger partial charge in [-0.2, -0.15) is 4.52 Å². The summed E-state index contributed by atoms with van der Waals surface area (Å²) in [6, 6.07) is 5.65. The fourth-order valence-corrected chi connectivity index (χ4v) is 2.11. The Hall–Kier alpha value is -1.66. The summed E-state index contributed by atoms with van der Waals surface area (Å²) in [6.07, 6.45) is 0. The lowest BCUT2D eigenvalue weighted by Crippen LogP contribution is -2.43. The molecule has 3 N–H and O–H groups in total. The summed E-state index contributed by atoms with van der Waals surface area (Å²) < 4.78 is 1.69. The van der Waals surface area contributed by atoms with E-state index in [2.05, 4.69) is 20.3 Å². The molecule has 0 bridgehead atoms. The zero-order valence-corrected chi connectivity index (χ0v) is 9.63. The predicted octanol–water partition coefficient (Wildman–Crippen LogP) is -0.283. The fourth-order valence-electron chi connectivity index (χ4n) is 2.11. The molecule has 0 saturated carbocycles. The molecule has 2 aromatic heterocycles. The van der Waals surface area contributed by atoms with Gasteiger partial charge in [-0.05, 0) is 12.1 Å². The zero-order valence-electron chi connectivity index (χ0n) is 9.63. The molecular weight excluding hydrogens is 216 g/mol. The Morgan fingerprint density at radius 1 is 1.29 bits per heavy atom. The maximum atomic E-state index is 5.84. The summed E-state index contributed by atoms with van der Waals surface area (Å²) >= 11 is 0. The summed E-state index contributed by atoms with van der Waals surface area (Å²) in [5.74, 6) is 1.46. The van der Waals surface area contributed by atoms with Gasteiger partial charge in [0.15, 0.2) is 11.5 Å². The highest BCUT2D eigenvalue weighted by Crippen LogP contribution is 2.08. The second kappa shape index (κ2) is 4.31. The first-order chi connectivity index (χ1) is 8.33. The van der Waals surface area contributed by atoms with Crippen LogP contribution in [0.25, 0.3) is 5.65 Å². The van der Waals surface area contributed by atoms with Gasteiger partial charge in [0.25, 0.3) is 0 Å². The highest BCUT2D eigenvalue weighted by molar-refractivity contribution is 5.45. The third kappa shape index (κ3) is 2.09. The van der Waals surface area contributed by atoms with Crippen molar-refractivity contribution in [1.82, 2.24) is 24.8 Å². The smallest absolute Gasteiger partial charge is 0.165 e. The van der Waals surface area contributed by atoms with Crippen LogP contribution in [-0.4, -0.2) is 45.7 Å². The summed E-state index contributed by atoms with van der Waals surface area (Å²) in [5, 5.41) is 7.75. The van der Waals surface area contributed by atoms with Crippen molar-refractivity contribution in [2.24, 2.45) is 0 Å². The van der Waals surface area contributed by atoms with Crippen molar-refractivity contribution in [2.75, 3.05) is 31.9 Å². The number of hydrogen-bond acceptors (Lipinski definition) is 5. The van der Waals surface area contributed by atoms with Crippen LogP contribution in [0.4, 0.5) is 5.82 Å². The summed E-state index contributed by atoms with van der Waals surface area (Å²) in [6.45, 7) is 4.96. The van der Waals surface area contributed by atoms with Crippen LogP contribution in [0.3, 0.4) is 0 Å². The maximum absolute atomic E-state index is 5.84. The summed E-state index contributed by atoms with van der Waals surface area (Å²) in [5.41, 5.74) is 6.65. The first-order valence-electron chi connectivity index (χ1n) is 5.86. The zero-order chi connectivity index (χ0) is 11.7. The number of aromatic nitrogens is 3. The molecule has 1 aliphatic heterocycles. The van der Waals surface area contributed by atoms with E-state index in [1.54, 1.807) is 4.52 Å². The number of nitrogen functional groups attached to an aromatic ring is 1. The van der Waals surface area contributed by atoms with E-state index in [1.165, 1.54) is 0 Å². The van der Waals surface area contributed by atoms with Crippen molar-refractivity contribution >= 4 is 11.5 Å². The molecule has 2 aromatic rings. The number of nitrogens with one attached hydrogen (secondary N) is 1. The van der Waals surface area contributed by atoms with Crippen molar-refractivity contribution in [3.63, 3.8) is 0 Å². The molecule has 6 heteroatoms. The predicted molar refractivity (Wildman–Crippen MR) is 65.5 cm³/mol. The van der Waals surface area contributed by atoms with Crippen molar-refractivity contribution in [3.8, 4) is 0 Å². The molecule has 90 valence electrons. The van der Waals surface area contributed by atoms with Crippen LogP contribution in [0, 0.1) is 0 Å². The quantitative estimate of drug-likeness (QED) is 0.745. The highest BCUT2D eigenvalue weighted by Gasteiger charge is 2.13. The van der Waals surface area contributed by atoms with Gasteiger partial charge >= 0.3 is 0 Å². The Balaban J connectivity index is 1.83. The molecule has 3 rings (SSSR count). The minimum absolute atomic E-state index is 0.626. The van der Waals surface area contributed by atoms with E-state index in [-0.39, 0.29) is 0 Å². The standard InChI is InChI=1S/C11H16N6/c12-9-2-1-3-11-14-10(15-17(9)11)8-16-6-4-13-5-7-16/h1-3,13H,4-8,12H2. The Bertz CT molecular complexity index is 514. The van der Waals surface area contributed by atoms with Gasteiger partial charge < -0.3 is 11.1 Å². The SMILES string of the molecule is Nc1cccc2nc(CN3CCNCC3)nn12. The van der Waals surface area contributed by atoms with Gasteiger partial charge in [-0.25, -0.2) is 4.98 Å². The molecule has 0 amide bonds. The van der Waals surface area contributed by atoms with Crippen LogP contribution in [-0.2, 0) is 6.54 Å². The Morgan fingerprint density at radius 3 is 2.88 bits per heavy atom. The van der Waals surface area contributed by atoms with Gasteiger partial charge in [0.1, 0.15) is 5.82 Å². The third-order valence-electron chi connectivity index (χ3n) is 3.01. The van der Waals surface area contributed by atoms with Gasteiger partial charge in [-0.1, -0.05) is 6.07 Å². The molecule has 0 atom stereocenters. The minimum Gasteiger partial charge on any atom is -0.384 e. The average molecular weight is 232 g/mol. The molecule has 1 fully saturated rings. The van der Waals surface area contributed by atoms with E-state index in [0.717, 1.165) is 44.2 Å². The van der Waals surface area contributed by atoms with Crippen LogP contribution >= 0.6 is 0 Å². The largest absolute Gasteiger partial charge is 0.384 e. The highest BCUT2D eigenvalue weighted by atomic mass is 15.3. The number of hydrogen-bond donors (Lipinski definition) is 2. The first-order valence-corrected chi connectivity index (χ1v) is 5.86. The molecule has 17 heavy (non-hydrogen) atoms. The number of pyridine rings is 1. The molecule has 6 nitrogen and oxygen atoms in total. The monoisotopic (exact) mass is 232 g/mol. The first kappa shape index (κ1) is 10.5. The van der Waals surface area contributed by atoms with Crippen molar-refractivity contribution < 1.29 is 0 Å². The molecular formula is C11H16N6. The molecule has 0 spiro atoms. The van der Waals surface area contributed by atoms with Crippen LogP contribution in [0.1, 0.15) is 5.82 Å². The van der Waals surface area contributed by atoms with Gasteiger partial charge in [-0.3, -0.25) is 4.90 Å². The Labute approximate surface area is 99.4 Å². The number of rotatable bonds is 2. The van der Waals surface area contributed by atoms with Gasteiger partial charge in [0, 0.05) is 26.2 Å². The third-order valence-corrected chi connectivity index (χ3v) is 3.01. The number of piperazine rings is 1. The van der Waals surface area contributed by atoms with E-state index in [0.29, 0.717) is 5.82 Å². The second-order valence-corrected chi connectivity index (χ2v) is 4.27. The van der Waals surface area contributed by atoms with Gasteiger partial charge in [0.2, 0.25) is 0 Å². The lowest BCUT2D eigenvalue weighted by Gasteiger charge is -2.25. The van der Waals surface area contributed by atoms with E-state index in [1.807, 2.05) is 18.2 Å². The molecule has 0 unspecified atom stereocenters. The van der Waals surface area contributed by atoms with Crippen molar-refractivity contribution in [1.29, 1.82) is 0 Å². The summed E-state index contributed by atoms with van der Waals surface area (Å²) in [4.78, 5) is 6.83. The van der Waals surface area contributed by atoms with Crippen molar-refractivity contribution in [2.45, 2.75) is 6.54 Å². The molecule has 0 aromatic carbocycles. The van der Waals surface area contributed by atoms with Gasteiger partial charge in [-0.15, -0.1) is 5.10 Å². The van der Waals surface area contributed by atoms with E-state index < -0.39 is 0 Å². The van der Waals surface area contributed by atoms with Crippen molar-refractivity contribution in [3.05, 3.63) is 24.0 Å².